The third-order valence-electron chi connectivity index (χ3n) is 4.83. The highest BCUT2D eigenvalue weighted by Gasteiger charge is 2.21. The van der Waals surface area contributed by atoms with Gasteiger partial charge in [-0.1, -0.05) is 17.7 Å². The molecule has 1 aromatic rings. The van der Waals surface area contributed by atoms with Crippen LogP contribution in [0.1, 0.15) is 18.4 Å². The Morgan fingerprint density at radius 3 is 2.72 bits per heavy atom. The number of nitrogens with one attached hydrogen (secondary N) is 1. The first kappa shape index (κ1) is 18.6. The summed E-state index contributed by atoms with van der Waals surface area (Å²) in [6.07, 6.45) is 2.28. The minimum absolute atomic E-state index is 0.0427. The van der Waals surface area contributed by atoms with Gasteiger partial charge in [0.1, 0.15) is 5.82 Å². The summed E-state index contributed by atoms with van der Waals surface area (Å²) in [4.78, 5) is 16.3. The molecule has 5 nitrogen and oxygen atoms in total. The molecule has 138 valence electrons. The summed E-state index contributed by atoms with van der Waals surface area (Å²) in [5.74, 6) is -0.218. The predicted octanol–water partition coefficient (Wildman–Crippen LogP) is 1.89. The van der Waals surface area contributed by atoms with Crippen LogP contribution in [0.25, 0.3) is 0 Å². The van der Waals surface area contributed by atoms with Crippen LogP contribution in [0.15, 0.2) is 18.2 Å². The molecule has 0 radical (unpaired) electrons. The summed E-state index contributed by atoms with van der Waals surface area (Å²) in [5.41, 5.74) is 0.548. The molecule has 1 N–H and O–H groups in total. The van der Waals surface area contributed by atoms with E-state index in [1.807, 2.05) is 0 Å². The molecule has 1 amide bonds. The summed E-state index contributed by atoms with van der Waals surface area (Å²) >= 11 is 6.09. The number of nitrogens with zero attached hydrogens (tertiary/aromatic N) is 2. The Morgan fingerprint density at radius 2 is 2.04 bits per heavy atom. The van der Waals surface area contributed by atoms with E-state index in [-0.39, 0.29) is 17.8 Å². The van der Waals surface area contributed by atoms with E-state index in [0.29, 0.717) is 30.2 Å². The van der Waals surface area contributed by atoms with E-state index in [9.17, 15) is 9.18 Å². The van der Waals surface area contributed by atoms with Crippen molar-refractivity contribution in [2.75, 3.05) is 45.9 Å². The molecular formula is C18H25ClFN3O2. The molecule has 2 saturated heterocycles. The maximum Gasteiger partial charge on any atom is 0.234 e. The lowest BCUT2D eigenvalue weighted by Crippen LogP contribution is -2.49. The summed E-state index contributed by atoms with van der Waals surface area (Å²) < 4.78 is 19.4. The third-order valence-corrected chi connectivity index (χ3v) is 5.18. The smallest absolute Gasteiger partial charge is 0.234 e. The van der Waals surface area contributed by atoms with E-state index in [1.54, 1.807) is 12.1 Å². The molecular weight excluding hydrogens is 345 g/mol. The van der Waals surface area contributed by atoms with Crippen LogP contribution < -0.4 is 5.32 Å². The van der Waals surface area contributed by atoms with Gasteiger partial charge in [-0.15, -0.1) is 0 Å². The number of hydrogen-bond acceptors (Lipinski definition) is 4. The first-order valence-corrected chi connectivity index (χ1v) is 9.25. The molecule has 2 heterocycles. The number of halogens is 2. The van der Waals surface area contributed by atoms with Crippen molar-refractivity contribution in [2.24, 2.45) is 0 Å². The summed E-state index contributed by atoms with van der Waals surface area (Å²) in [6, 6.07) is 4.78. The van der Waals surface area contributed by atoms with Crippen molar-refractivity contribution in [1.82, 2.24) is 15.1 Å². The number of rotatable bonds is 6. The SMILES string of the molecule is O=C(CN1CCN(Cc2c(F)cccc2Cl)CC1)NCC1CCCO1. The molecule has 1 aromatic carbocycles. The largest absolute Gasteiger partial charge is 0.376 e. The maximum absolute atomic E-state index is 13.9. The molecule has 0 saturated carbocycles. The van der Waals surface area contributed by atoms with Crippen molar-refractivity contribution in [2.45, 2.75) is 25.5 Å². The summed E-state index contributed by atoms with van der Waals surface area (Å²) in [6.45, 7) is 5.48. The summed E-state index contributed by atoms with van der Waals surface area (Å²) in [7, 11) is 0. The van der Waals surface area contributed by atoms with E-state index >= 15 is 0 Å². The second kappa shape index (κ2) is 8.94. The van der Waals surface area contributed by atoms with E-state index in [0.717, 1.165) is 45.6 Å². The van der Waals surface area contributed by atoms with E-state index in [1.165, 1.54) is 6.07 Å². The van der Waals surface area contributed by atoms with Crippen LogP contribution in [-0.2, 0) is 16.1 Å². The van der Waals surface area contributed by atoms with Crippen molar-refractivity contribution < 1.29 is 13.9 Å². The average molecular weight is 370 g/mol. The second-order valence-corrected chi connectivity index (χ2v) is 7.10. The first-order valence-electron chi connectivity index (χ1n) is 8.88. The number of benzene rings is 1. The fraction of sp³-hybridized carbons (Fsp3) is 0.611. The van der Waals surface area contributed by atoms with Gasteiger partial charge in [0.15, 0.2) is 0 Å². The van der Waals surface area contributed by atoms with Crippen molar-refractivity contribution in [1.29, 1.82) is 0 Å². The molecule has 7 heteroatoms. The molecule has 2 fully saturated rings. The summed E-state index contributed by atoms with van der Waals surface area (Å²) in [5, 5.41) is 3.42. The number of carbonyl (C=O) groups is 1. The minimum atomic E-state index is -0.261. The zero-order valence-corrected chi connectivity index (χ0v) is 15.1. The van der Waals surface area contributed by atoms with Gasteiger partial charge in [0.25, 0.3) is 0 Å². The Morgan fingerprint density at radius 1 is 1.28 bits per heavy atom. The average Bonchev–Trinajstić information content (AvgIpc) is 3.12. The second-order valence-electron chi connectivity index (χ2n) is 6.69. The van der Waals surface area contributed by atoms with Crippen molar-refractivity contribution in [3.8, 4) is 0 Å². The normalized spacial score (nSPS) is 22.2. The van der Waals surface area contributed by atoms with Crippen molar-refractivity contribution in [3.63, 3.8) is 0 Å². The fourth-order valence-electron chi connectivity index (χ4n) is 3.30. The Labute approximate surface area is 153 Å². The van der Waals surface area contributed by atoms with Crippen LogP contribution in [0.3, 0.4) is 0 Å². The van der Waals surface area contributed by atoms with Crippen LogP contribution in [-0.4, -0.2) is 67.7 Å². The Kier molecular flexibility index (Phi) is 6.64. The number of hydrogen-bond donors (Lipinski definition) is 1. The predicted molar refractivity (Wildman–Crippen MR) is 95.1 cm³/mol. The molecule has 3 rings (SSSR count). The lowest BCUT2D eigenvalue weighted by molar-refractivity contribution is -0.123. The van der Waals surface area contributed by atoms with Crippen LogP contribution in [0.4, 0.5) is 4.39 Å². The van der Waals surface area contributed by atoms with E-state index < -0.39 is 0 Å². The number of amides is 1. The molecule has 1 atom stereocenters. The van der Waals surface area contributed by atoms with Crippen molar-refractivity contribution >= 4 is 17.5 Å². The first-order chi connectivity index (χ1) is 12.1. The highest BCUT2D eigenvalue weighted by atomic mass is 35.5. The number of carbonyl (C=O) groups excluding carboxylic acids is 1. The molecule has 1 unspecified atom stereocenters. The monoisotopic (exact) mass is 369 g/mol. The highest BCUT2D eigenvalue weighted by Crippen LogP contribution is 2.21. The fourth-order valence-corrected chi connectivity index (χ4v) is 3.53. The van der Waals surface area contributed by atoms with Gasteiger partial charge in [-0.25, -0.2) is 4.39 Å². The lowest BCUT2D eigenvalue weighted by Gasteiger charge is -2.34. The number of piperazine rings is 1. The van der Waals surface area contributed by atoms with Crippen LogP contribution in [0.5, 0.6) is 0 Å². The van der Waals surface area contributed by atoms with Gasteiger partial charge in [-0.3, -0.25) is 14.6 Å². The van der Waals surface area contributed by atoms with Gasteiger partial charge >= 0.3 is 0 Å². The molecule has 0 spiro atoms. The topological polar surface area (TPSA) is 44.8 Å². The highest BCUT2D eigenvalue weighted by molar-refractivity contribution is 6.31. The molecule has 0 bridgehead atoms. The van der Waals surface area contributed by atoms with Crippen LogP contribution in [0.2, 0.25) is 5.02 Å². The molecule has 0 aliphatic carbocycles. The van der Waals surface area contributed by atoms with E-state index in [2.05, 4.69) is 15.1 Å². The van der Waals surface area contributed by atoms with Gasteiger partial charge in [-0.2, -0.15) is 0 Å². The Hall–Kier alpha value is -1.21. The van der Waals surface area contributed by atoms with E-state index in [4.69, 9.17) is 16.3 Å². The Bertz CT molecular complexity index is 567. The maximum atomic E-state index is 13.9. The lowest BCUT2D eigenvalue weighted by atomic mass is 10.2. The molecule has 0 aromatic heterocycles. The van der Waals surface area contributed by atoms with Crippen molar-refractivity contribution in [3.05, 3.63) is 34.6 Å². The number of ether oxygens (including phenoxy) is 1. The van der Waals surface area contributed by atoms with Crippen LogP contribution >= 0.6 is 11.6 Å². The minimum Gasteiger partial charge on any atom is -0.376 e. The van der Waals surface area contributed by atoms with Gasteiger partial charge < -0.3 is 10.1 Å². The van der Waals surface area contributed by atoms with Gasteiger partial charge in [0.05, 0.1) is 12.6 Å². The Balaban J connectivity index is 1.38. The van der Waals surface area contributed by atoms with Gasteiger partial charge in [0.2, 0.25) is 5.91 Å². The van der Waals surface area contributed by atoms with Gasteiger partial charge in [-0.05, 0) is 25.0 Å². The molecule has 2 aliphatic rings. The van der Waals surface area contributed by atoms with Gasteiger partial charge in [0, 0.05) is 56.5 Å². The van der Waals surface area contributed by atoms with Crippen LogP contribution in [0, 0.1) is 5.82 Å². The molecule has 25 heavy (non-hydrogen) atoms. The zero-order chi connectivity index (χ0) is 17.6. The standard InChI is InChI=1S/C18H25ClFN3O2/c19-16-4-1-5-17(20)15(16)12-22-6-8-23(9-7-22)13-18(24)21-11-14-3-2-10-25-14/h1,4-5,14H,2-3,6-13H2,(H,21,24). The zero-order valence-electron chi connectivity index (χ0n) is 14.3. The quantitative estimate of drug-likeness (QED) is 0.831. The third kappa shape index (κ3) is 5.38. The molecule has 2 aliphatic heterocycles.